The summed E-state index contributed by atoms with van der Waals surface area (Å²) in [5.41, 5.74) is 1.20. The van der Waals surface area contributed by atoms with Crippen LogP contribution in [0.2, 0.25) is 0 Å². The fourth-order valence-corrected chi connectivity index (χ4v) is 4.51. The Morgan fingerprint density at radius 1 is 1.30 bits per heavy atom. The van der Waals surface area contributed by atoms with Crippen LogP contribution in [0, 0.1) is 5.92 Å². The van der Waals surface area contributed by atoms with E-state index < -0.39 is 0 Å². The molecule has 0 N–H and O–H groups in total. The summed E-state index contributed by atoms with van der Waals surface area (Å²) in [6, 6.07) is 6.67. The molecule has 2 saturated heterocycles. The van der Waals surface area contributed by atoms with Gasteiger partial charge in [0.15, 0.2) is 0 Å². The lowest BCUT2D eigenvalue weighted by Gasteiger charge is -2.38. The zero-order valence-corrected chi connectivity index (χ0v) is 13.2. The number of piperazine rings is 1. The van der Waals surface area contributed by atoms with E-state index in [1.54, 1.807) is 0 Å². The molecule has 2 aliphatic rings. The second-order valence-electron chi connectivity index (χ2n) is 6.00. The van der Waals surface area contributed by atoms with E-state index in [1.807, 2.05) is 12.3 Å². The highest BCUT2D eigenvalue weighted by atomic mass is 32.2. The van der Waals surface area contributed by atoms with Gasteiger partial charge in [-0.2, -0.15) is 11.8 Å². The molecular formula is C16H25N3S. The van der Waals surface area contributed by atoms with Crippen LogP contribution in [0.3, 0.4) is 0 Å². The molecule has 2 atom stereocenters. The Labute approximate surface area is 126 Å². The minimum absolute atomic E-state index is 0.445. The number of nitrogens with zero attached hydrogens (tertiary/aromatic N) is 3. The molecule has 0 spiro atoms. The average Bonchev–Trinajstić information content (AvgIpc) is 3.01. The van der Waals surface area contributed by atoms with Crippen molar-refractivity contribution in [1.82, 2.24) is 14.8 Å². The highest BCUT2D eigenvalue weighted by Gasteiger charge is 2.25. The van der Waals surface area contributed by atoms with E-state index in [-0.39, 0.29) is 0 Å². The lowest BCUT2D eigenvalue weighted by atomic mass is 10.1. The van der Waals surface area contributed by atoms with Crippen LogP contribution < -0.4 is 0 Å². The van der Waals surface area contributed by atoms with E-state index >= 15 is 0 Å². The Kier molecular flexibility index (Phi) is 4.97. The van der Waals surface area contributed by atoms with Gasteiger partial charge in [-0.15, -0.1) is 0 Å². The summed E-state index contributed by atoms with van der Waals surface area (Å²) >= 11 is 2.13. The van der Waals surface area contributed by atoms with Gasteiger partial charge in [-0.25, -0.2) is 0 Å². The van der Waals surface area contributed by atoms with Gasteiger partial charge >= 0.3 is 0 Å². The third kappa shape index (κ3) is 3.54. The Balaban J connectivity index is 1.48. The topological polar surface area (TPSA) is 19.4 Å². The number of rotatable bonds is 4. The van der Waals surface area contributed by atoms with Crippen molar-refractivity contribution < 1.29 is 0 Å². The molecule has 0 unspecified atom stereocenters. The fourth-order valence-electron chi connectivity index (χ4n) is 3.24. The number of aromatic nitrogens is 1. The van der Waals surface area contributed by atoms with Gasteiger partial charge in [-0.05, 0) is 42.9 Å². The molecule has 3 heterocycles. The van der Waals surface area contributed by atoms with Crippen molar-refractivity contribution in [2.24, 2.45) is 5.92 Å². The van der Waals surface area contributed by atoms with Crippen molar-refractivity contribution in [3.63, 3.8) is 0 Å². The molecule has 0 bridgehead atoms. The minimum atomic E-state index is 0.445. The molecule has 0 radical (unpaired) electrons. The molecule has 0 aliphatic carbocycles. The summed E-state index contributed by atoms with van der Waals surface area (Å²) in [6.45, 7) is 8.40. The normalized spacial score (nSPS) is 26.8. The first kappa shape index (κ1) is 14.4. The first-order valence-corrected chi connectivity index (χ1v) is 8.93. The Bertz CT molecular complexity index is 397. The predicted molar refractivity (Wildman–Crippen MR) is 86.1 cm³/mol. The van der Waals surface area contributed by atoms with Crippen LogP contribution in [-0.2, 0) is 0 Å². The average molecular weight is 291 g/mol. The first-order chi connectivity index (χ1) is 9.83. The van der Waals surface area contributed by atoms with Crippen molar-refractivity contribution in [2.45, 2.75) is 19.4 Å². The highest BCUT2D eigenvalue weighted by molar-refractivity contribution is 7.99. The second-order valence-corrected chi connectivity index (χ2v) is 7.15. The largest absolute Gasteiger partial charge is 0.300 e. The standard InChI is InChI=1S/C16H25N3S/c1-14(16-4-2-3-6-17-16)19-9-7-18(8-10-19)12-15-5-11-20-13-15/h2-4,6,14-15H,5,7-13H2,1H3/t14-,15+/m0/s1. The van der Waals surface area contributed by atoms with Gasteiger partial charge in [0.25, 0.3) is 0 Å². The Hall–Kier alpha value is -0.580. The van der Waals surface area contributed by atoms with Gasteiger partial charge in [-0.1, -0.05) is 6.07 Å². The SMILES string of the molecule is C[C@@H](c1ccccn1)N1CCN(C[C@H]2CCSC2)CC1. The molecule has 0 aromatic carbocycles. The van der Waals surface area contributed by atoms with E-state index in [0.29, 0.717) is 6.04 Å². The zero-order valence-electron chi connectivity index (χ0n) is 12.4. The predicted octanol–water partition coefficient (Wildman–Crippen LogP) is 2.51. The van der Waals surface area contributed by atoms with Gasteiger partial charge in [-0.3, -0.25) is 9.88 Å². The fraction of sp³-hybridized carbons (Fsp3) is 0.688. The van der Waals surface area contributed by atoms with Crippen molar-refractivity contribution in [1.29, 1.82) is 0 Å². The summed E-state index contributed by atoms with van der Waals surface area (Å²) in [5, 5.41) is 0. The van der Waals surface area contributed by atoms with Gasteiger partial charge in [0.1, 0.15) is 0 Å². The lowest BCUT2D eigenvalue weighted by molar-refractivity contribution is 0.0923. The van der Waals surface area contributed by atoms with Crippen molar-refractivity contribution in [3.8, 4) is 0 Å². The summed E-state index contributed by atoms with van der Waals surface area (Å²) in [5.74, 6) is 3.70. The summed E-state index contributed by atoms with van der Waals surface area (Å²) in [7, 11) is 0. The van der Waals surface area contributed by atoms with Crippen LogP contribution >= 0.6 is 11.8 Å². The lowest BCUT2D eigenvalue weighted by Crippen LogP contribution is -2.48. The molecule has 1 aromatic rings. The maximum Gasteiger partial charge on any atom is 0.0572 e. The zero-order chi connectivity index (χ0) is 13.8. The molecule has 2 aliphatic heterocycles. The Morgan fingerprint density at radius 2 is 2.15 bits per heavy atom. The van der Waals surface area contributed by atoms with Crippen LogP contribution in [0.1, 0.15) is 25.1 Å². The van der Waals surface area contributed by atoms with Gasteiger partial charge < -0.3 is 4.90 Å². The molecule has 0 amide bonds. The molecular weight excluding hydrogens is 266 g/mol. The van der Waals surface area contributed by atoms with Crippen molar-refractivity contribution in [2.75, 3.05) is 44.2 Å². The number of hydrogen-bond acceptors (Lipinski definition) is 4. The van der Waals surface area contributed by atoms with Crippen LogP contribution in [0.4, 0.5) is 0 Å². The third-order valence-electron chi connectivity index (χ3n) is 4.61. The maximum absolute atomic E-state index is 4.50. The number of pyridine rings is 1. The van der Waals surface area contributed by atoms with Gasteiger partial charge in [0.2, 0.25) is 0 Å². The van der Waals surface area contributed by atoms with E-state index in [9.17, 15) is 0 Å². The van der Waals surface area contributed by atoms with Crippen LogP contribution in [0.5, 0.6) is 0 Å². The quantitative estimate of drug-likeness (QED) is 0.848. The number of thioether (sulfide) groups is 1. The molecule has 2 fully saturated rings. The first-order valence-electron chi connectivity index (χ1n) is 7.78. The Morgan fingerprint density at radius 3 is 2.80 bits per heavy atom. The summed E-state index contributed by atoms with van der Waals surface area (Å²) in [6.07, 6.45) is 3.33. The van der Waals surface area contributed by atoms with E-state index in [1.165, 1.54) is 56.3 Å². The van der Waals surface area contributed by atoms with Crippen molar-refractivity contribution in [3.05, 3.63) is 30.1 Å². The summed E-state index contributed by atoms with van der Waals surface area (Å²) in [4.78, 5) is 9.73. The van der Waals surface area contributed by atoms with E-state index in [0.717, 1.165) is 5.92 Å². The highest BCUT2D eigenvalue weighted by Crippen LogP contribution is 2.25. The van der Waals surface area contributed by atoms with Gasteiger partial charge in [0, 0.05) is 45.0 Å². The molecule has 0 saturated carbocycles. The molecule has 3 nitrogen and oxygen atoms in total. The molecule has 20 heavy (non-hydrogen) atoms. The van der Waals surface area contributed by atoms with Crippen LogP contribution in [0.25, 0.3) is 0 Å². The third-order valence-corrected chi connectivity index (χ3v) is 5.84. The number of hydrogen-bond donors (Lipinski definition) is 0. The maximum atomic E-state index is 4.50. The molecule has 4 heteroatoms. The van der Waals surface area contributed by atoms with E-state index in [2.05, 4.69) is 45.6 Å². The van der Waals surface area contributed by atoms with Gasteiger partial charge in [0.05, 0.1) is 5.69 Å². The van der Waals surface area contributed by atoms with Crippen LogP contribution in [0.15, 0.2) is 24.4 Å². The monoisotopic (exact) mass is 291 g/mol. The second kappa shape index (κ2) is 6.92. The smallest absolute Gasteiger partial charge is 0.0572 e. The van der Waals surface area contributed by atoms with Crippen molar-refractivity contribution >= 4 is 11.8 Å². The van der Waals surface area contributed by atoms with E-state index in [4.69, 9.17) is 0 Å². The van der Waals surface area contributed by atoms with Crippen LogP contribution in [-0.4, -0.2) is 59.0 Å². The molecule has 110 valence electrons. The summed E-state index contributed by atoms with van der Waals surface area (Å²) < 4.78 is 0. The molecule has 1 aromatic heterocycles. The molecule has 3 rings (SSSR count). The minimum Gasteiger partial charge on any atom is -0.300 e.